The first kappa shape index (κ1) is 22.6. The predicted octanol–water partition coefficient (Wildman–Crippen LogP) is 1.88. The van der Waals surface area contributed by atoms with Crippen molar-refractivity contribution in [2.75, 3.05) is 26.1 Å². The van der Waals surface area contributed by atoms with Gasteiger partial charge in [0.05, 0.1) is 12.1 Å². The lowest BCUT2D eigenvalue weighted by atomic mass is 9.95. The lowest BCUT2D eigenvalue weighted by molar-refractivity contribution is -0.266. The first-order valence-electron chi connectivity index (χ1n) is 9.88. The van der Waals surface area contributed by atoms with Gasteiger partial charge < -0.3 is 35.3 Å². The maximum atomic E-state index is 10.4. The van der Waals surface area contributed by atoms with E-state index in [1.807, 2.05) is 60.7 Å². The fourth-order valence-corrected chi connectivity index (χ4v) is 3.80. The van der Waals surface area contributed by atoms with Crippen LogP contribution in [0.2, 0.25) is 0 Å². The molecule has 3 rings (SSSR count). The summed E-state index contributed by atoms with van der Waals surface area (Å²) in [6.45, 7) is 1.02. The fourth-order valence-electron chi connectivity index (χ4n) is 3.59. The summed E-state index contributed by atoms with van der Waals surface area (Å²) in [5, 5.41) is 20.7. The fraction of sp³-hybridized carbons (Fsp3) is 0.409. The molecule has 0 amide bonds. The molecule has 0 saturated carbocycles. The van der Waals surface area contributed by atoms with Crippen LogP contribution in [0.4, 0.5) is 5.69 Å². The molecule has 0 radical (unpaired) electrons. The van der Waals surface area contributed by atoms with Crippen LogP contribution in [0.15, 0.2) is 60.7 Å². The molecule has 1 heterocycles. The van der Waals surface area contributed by atoms with E-state index in [-0.39, 0.29) is 6.04 Å². The van der Waals surface area contributed by atoms with E-state index in [1.54, 1.807) is 7.11 Å². The van der Waals surface area contributed by atoms with Crippen molar-refractivity contribution >= 4 is 23.0 Å². The van der Waals surface area contributed by atoms with Crippen molar-refractivity contribution in [3.8, 4) is 0 Å². The zero-order valence-electron chi connectivity index (χ0n) is 17.2. The Balaban J connectivity index is 1.66. The van der Waals surface area contributed by atoms with Crippen LogP contribution in [0.3, 0.4) is 0 Å². The van der Waals surface area contributed by atoms with Crippen molar-refractivity contribution in [2.24, 2.45) is 0 Å². The second-order valence-electron chi connectivity index (χ2n) is 7.06. The maximum Gasteiger partial charge on any atom is 0.184 e. The molecular weight excluding hydrogens is 402 g/mol. The number of anilines is 1. The van der Waals surface area contributed by atoms with E-state index in [4.69, 9.17) is 26.4 Å². The van der Waals surface area contributed by atoms with Gasteiger partial charge in [-0.2, -0.15) is 0 Å². The van der Waals surface area contributed by atoms with Crippen molar-refractivity contribution < 1.29 is 19.3 Å². The van der Waals surface area contributed by atoms with E-state index in [0.717, 1.165) is 11.3 Å². The molecular formula is C22H29N3O4S. The second-order valence-corrected chi connectivity index (χ2v) is 7.47. The zero-order chi connectivity index (χ0) is 21.3. The van der Waals surface area contributed by atoms with Crippen molar-refractivity contribution in [2.45, 2.75) is 37.2 Å². The summed E-state index contributed by atoms with van der Waals surface area (Å²) in [4.78, 5) is 0. The predicted molar refractivity (Wildman–Crippen MR) is 120 cm³/mol. The average Bonchev–Trinajstić information content (AvgIpc) is 2.77. The van der Waals surface area contributed by atoms with Gasteiger partial charge in [0.15, 0.2) is 11.4 Å². The molecule has 4 N–H and O–H groups in total. The summed E-state index contributed by atoms with van der Waals surface area (Å²) in [5.74, 6) is 0. The van der Waals surface area contributed by atoms with Gasteiger partial charge in [0, 0.05) is 33.0 Å². The van der Waals surface area contributed by atoms with E-state index in [0.29, 0.717) is 18.2 Å². The summed E-state index contributed by atoms with van der Waals surface area (Å²) in [7, 11) is 3.15. The summed E-state index contributed by atoms with van der Waals surface area (Å²) in [6.07, 6.45) is -2.49. The first-order chi connectivity index (χ1) is 14.6. The molecule has 1 fully saturated rings. The first-order valence-corrected chi connectivity index (χ1v) is 10.3. The van der Waals surface area contributed by atoms with E-state index >= 15 is 0 Å². The van der Waals surface area contributed by atoms with E-state index in [1.165, 1.54) is 7.11 Å². The van der Waals surface area contributed by atoms with Crippen LogP contribution in [0.25, 0.3) is 0 Å². The molecule has 7 nitrogen and oxygen atoms in total. The molecule has 0 spiro atoms. The molecule has 0 bridgehead atoms. The monoisotopic (exact) mass is 431 g/mol. The van der Waals surface area contributed by atoms with Gasteiger partial charge in [0.2, 0.25) is 0 Å². The van der Waals surface area contributed by atoms with Crippen molar-refractivity contribution in [3.63, 3.8) is 0 Å². The Morgan fingerprint density at radius 3 is 2.27 bits per heavy atom. The van der Waals surface area contributed by atoms with Gasteiger partial charge in [-0.3, -0.25) is 0 Å². The molecule has 30 heavy (non-hydrogen) atoms. The Morgan fingerprint density at radius 1 is 1.00 bits per heavy atom. The third-order valence-corrected chi connectivity index (χ3v) is 5.34. The SMILES string of the molecule is CO[C@@H]1[C@@H](OC)[C@@H](NCc2ccccc2)[C@@H](CNC(=S)Nc2ccccc2)O[C@@H]1O. The van der Waals surface area contributed by atoms with Crippen LogP contribution in [0, 0.1) is 0 Å². The van der Waals surface area contributed by atoms with Crippen LogP contribution in [-0.2, 0) is 20.8 Å². The maximum absolute atomic E-state index is 10.4. The number of methoxy groups -OCH3 is 2. The van der Waals surface area contributed by atoms with Crippen molar-refractivity contribution in [1.82, 2.24) is 10.6 Å². The lowest BCUT2D eigenvalue weighted by Gasteiger charge is -2.44. The van der Waals surface area contributed by atoms with Gasteiger partial charge in [-0.1, -0.05) is 48.5 Å². The minimum Gasteiger partial charge on any atom is -0.377 e. The third-order valence-electron chi connectivity index (χ3n) is 5.10. The molecule has 2 aromatic rings. The van der Waals surface area contributed by atoms with Gasteiger partial charge in [-0.05, 0) is 29.9 Å². The van der Waals surface area contributed by atoms with Crippen LogP contribution >= 0.6 is 12.2 Å². The molecule has 8 heteroatoms. The molecule has 5 atom stereocenters. The van der Waals surface area contributed by atoms with Gasteiger partial charge >= 0.3 is 0 Å². The number of thiocarbonyl (C=S) groups is 1. The second kappa shape index (κ2) is 11.4. The number of ether oxygens (including phenoxy) is 3. The van der Waals surface area contributed by atoms with Crippen LogP contribution in [0.5, 0.6) is 0 Å². The Hall–Kier alpha value is -2.07. The molecule has 0 aliphatic carbocycles. The van der Waals surface area contributed by atoms with Crippen LogP contribution < -0.4 is 16.0 Å². The summed E-state index contributed by atoms with van der Waals surface area (Å²) in [6, 6.07) is 19.5. The average molecular weight is 432 g/mol. The highest BCUT2D eigenvalue weighted by Crippen LogP contribution is 2.24. The largest absolute Gasteiger partial charge is 0.377 e. The molecule has 1 aliphatic rings. The van der Waals surface area contributed by atoms with E-state index in [2.05, 4.69) is 16.0 Å². The molecule has 1 saturated heterocycles. The highest BCUT2D eigenvalue weighted by atomic mass is 32.1. The van der Waals surface area contributed by atoms with Crippen LogP contribution in [-0.4, -0.2) is 61.6 Å². The standard InChI is InChI=1S/C22H29N3O4S/c1-27-19-18(23-13-15-9-5-3-6-10-15)17(29-21(26)20(19)28-2)14-24-22(30)25-16-11-7-4-8-12-16/h3-12,17-21,23,26H,13-14H2,1-2H3,(H2,24,25,30)/t17-,18+,19+,20-,21+/m1/s1. The number of hydrogen-bond acceptors (Lipinski definition) is 6. The number of rotatable bonds is 8. The van der Waals surface area contributed by atoms with Gasteiger partial charge in [0.25, 0.3) is 0 Å². The number of aliphatic hydroxyl groups is 1. The molecule has 1 aliphatic heterocycles. The quantitative estimate of drug-likeness (QED) is 0.472. The molecule has 2 aromatic carbocycles. The van der Waals surface area contributed by atoms with Gasteiger partial charge in [-0.25, -0.2) is 0 Å². The van der Waals surface area contributed by atoms with E-state index < -0.39 is 24.6 Å². The molecule has 0 aromatic heterocycles. The summed E-state index contributed by atoms with van der Waals surface area (Å²) in [5.41, 5.74) is 2.04. The highest BCUT2D eigenvalue weighted by molar-refractivity contribution is 7.80. The lowest BCUT2D eigenvalue weighted by Crippen LogP contribution is -2.65. The number of hydrogen-bond donors (Lipinski definition) is 4. The number of nitrogens with one attached hydrogen (secondary N) is 3. The molecule has 162 valence electrons. The zero-order valence-corrected chi connectivity index (χ0v) is 18.0. The summed E-state index contributed by atoms with van der Waals surface area (Å²) < 4.78 is 17.0. The number of para-hydroxylation sites is 1. The Morgan fingerprint density at radius 2 is 1.63 bits per heavy atom. The third kappa shape index (κ3) is 5.98. The Kier molecular flexibility index (Phi) is 8.56. The number of benzene rings is 2. The minimum absolute atomic E-state index is 0.226. The molecule has 0 unspecified atom stereocenters. The Bertz CT molecular complexity index is 780. The van der Waals surface area contributed by atoms with Gasteiger partial charge in [-0.15, -0.1) is 0 Å². The Labute approximate surface area is 182 Å². The highest BCUT2D eigenvalue weighted by Gasteiger charge is 2.45. The van der Waals surface area contributed by atoms with E-state index in [9.17, 15) is 5.11 Å². The smallest absolute Gasteiger partial charge is 0.184 e. The van der Waals surface area contributed by atoms with Crippen LogP contribution in [0.1, 0.15) is 5.56 Å². The number of aliphatic hydroxyl groups excluding tert-OH is 1. The van der Waals surface area contributed by atoms with Crippen molar-refractivity contribution in [1.29, 1.82) is 0 Å². The normalized spacial score (nSPS) is 26.2. The topological polar surface area (TPSA) is 84.0 Å². The van der Waals surface area contributed by atoms with Gasteiger partial charge in [0.1, 0.15) is 12.2 Å². The summed E-state index contributed by atoms with van der Waals surface area (Å²) >= 11 is 5.40. The minimum atomic E-state index is -1.10. The van der Waals surface area contributed by atoms with Crippen molar-refractivity contribution in [3.05, 3.63) is 66.2 Å².